The Morgan fingerprint density at radius 2 is 2.05 bits per heavy atom. The number of carbonyl (C=O) groups excluding carboxylic acids is 2. The molecule has 2 N–H and O–H groups in total. The molecule has 0 spiro atoms. The van der Waals surface area contributed by atoms with E-state index in [0.29, 0.717) is 25.6 Å². The highest BCUT2D eigenvalue weighted by Crippen LogP contribution is 2.25. The molecule has 0 bridgehead atoms. The molecule has 0 heterocycles. The Balaban J connectivity index is 3.38. The number of nitrogens with one attached hydrogen (secondary N) is 2. The number of hydrogen-bond donors (Lipinski definition) is 2. The third-order valence-electron chi connectivity index (χ3n) is 1.95. The van der Waals surface area contributed by atoms with Crippen molar-refractivity contribution in [1.82, 2.24) is 10.6 Å². The van der Waals surface area contributed by atoms with Gasteiger partial charge in [0, 0.05) is 6.92 Å². The van der Waals surface area contributed by atoms with E-state index in [4.69, 9.17) is 9.47 Å². The van der Waals surface area contributed by atoms with E-state index in [0.717, 1.165) is 0 Å². The van der Waals surface area contributed by atoms with Crippen molar-refractivity contribution in [2.24, 2.45) is 0 Å². The molecular formula is C13H22N2O4S2. The molecule has 1 unspecified atom stereocenters. The Hall–Kier alpha value is -0.880. The summed E-state index contributed by atoms with van der Waals surface area (Å²) in [6.45, 7) is 6.23. The third-order valence-corrected chi connectivity index (χ3v) is 4.33. The molecule has 0 aromatic carbocycles. The van der Waals surface area contributed by atoms with Gasteiger partial charge in [-0.3, -0.25) is 9.59 Å². The van der Waals surface area contributed by atoms with Gasteiger partial charge in [-0.15, -0.1) is 5.92 Å². The highest BCUT2D eigenvalue weighted by atomic mass is 33.1. The molecule has 0 aromatic heterocycles. The predicted molar refractivity (Wildman–Crippen MR) is 86.6 cm³/mol. The molecule has 1 atom stereocenters. The van der Waals surface area contributed by atoms with Gasteiger partial charge < -0.3 is 20.1 Å². The van der Waals surface area contributed by atoms with Crippen LogP contribution in [0.15, 0.2) is 0 Å². The molecule has 0 aliphatic rings. The molecule has 8 heteroatoms. The smallest absolute Gasteiger partial charge is 0.246 e. The van der Waals surface area contributed by atoms with E-state index in [2.05, 4.69) is 22.5 Å². The van der Waals surface area contributed by atoms with E-state index < -0.39 is 0 Å². The first-order chi connectivity index (χ1) is 10.1. The van der Waals surface area contributed by atoms with Crippen LogP contribution in [0.2, 0.25) is 0 Å². The van der Waals surface area contributed by atoms with Gasteiger partial charge in [-0.1, -0.05) is 27.5 Å². The Morgan fingerprint density at radius 1 is 1.29 bits per heavy atom. The van der Waals surface area contributed by atoms with E-state index >= 15 is 0 Å². The maximum atomic E-state index is 11.3. The van der Waals surface area contributed by atoms with Crippen LogP contribution in [-0.2, 0) is 19.1 Å². The highest BCUT2D eigenvalue weighted by molar-refractivity contribution is 8.76. The van der Waals surface area contributed by atoms with Gasteiger partial charge in [0.2, 0.25) is 11.8 Å². The molecule has 0 fully saturated rings. The van der Waals surface area contributed by atoms with E-state index in [1.807, 2.05) is 6.92 Å². The second-order valence-electron chi connectivity index (χ2n) is 3.79. The fraction of sp³-hybridized carbons (Fsp3) is 0.692. The van der Waals surface area contributed by atoms with Crippen LogP contribution in [0, 0.1) is 11.8 Å². The molecule has 0 rings (SSSR count). The van der Waals surface area contributed by atoms with Gasteiger partial charge in [0.05, 0.1) is 25.6 Å². The molecule has 0 radical (unpaired) electrons. The fourth-order valence-corrected chi connectivity index (χ4v) is 2.80. The van der Waals surface area contributed by atoms with Crippen LogP contribution < -0.4 is 10.6 Å². The average molecular weight is 334 g/mol. The zero-order valence-corrected chi connectivity index (χ0v) is 14.2. The first-order valence-corrected chi connectivity index (χ1v) is 8.82. The van der Waals surface area contributed by atoms with Crippen molar-refractivity contribution in [3.8, 4) is 11.8 Å². The third kappa shape index (κ3) is 15.3. The maximum absolute atomic E-state index is 11.3. The summed E-state index contributed by atoms with van der Waals surface area (Å²) in [5.41, 5.74) is -0.0130. The molecule has 0 aliphatic carbocycles. The lowest BCUT2D eigenvalue weighted by molar-refractivity contribution is -0.126. The summed E-state index contributed by atoms with van der Waals surface area (Å²) >= 11 is 0. The zero-order valence-electron chi connectivity index (χ0n) is 12.6. The predicted octanol–water partition coefficient (Wildman–Crippen LogP) is 0.980. The van der Waals surface area contributed by atoms with Crippen molar-refractivity contribution >= 4 is 33.4 Å². The summed E-state index contributed by atoms with van der Waals surface area (Å²) in [5.74, 6) is 5.73. The summed E-state index contributed by atoms with van der Waals surface area (Å²) in [7, 11) is 3.04. The molecule has 0 saturated carbocycles. The highest BCUT2D eigenvalue weighted by Gasteiger charge is 2.04. The van der Waals surface area contributed by atoms with Crippen molar-refractivity contribution < 1.29 is 19.1 Å². The van der Waals surface area contributed by atoms with E-state index in [9.17, 15) is 9.59 Å². The van der Waals surface area contributed by atoms with Gasteiger partial charge in [-0.2, -0.15) is 0 Å². The summed E-state index contributed by atoms with van der Waals surface area (Å²) in [6, 6.07) is 0. The average Bonchev–Trinajstić information content (AvgIpc) is 2.43. The Morgan fingerprint density at radius 3 is 2.71 bits per heavy atom. The normalized spacial score (nSPS) is 11.2. The number of rotatable bonds is 11. The number of amides is 2. The second-order valence-corrected chi connectivity index (χ2v) is 6.45. The molecule has 0 saturated heterocycles. The van der Waals surface area contributed by atoms with Crippen molar-refractivity contribution in [3.05, 3.63) is 0 Å². The molecule has 120 valence electrons. The first-order valence-electron chi connectivity index (χ1n) is 6.44. The summed E-state index contributed by atoms with van der Waals surface area (Å²) in [5, 5.41) is 5.29. The minimum Gasteiger partial charge on any atom is -0.369 e. The van der Waals surface area contributed by atoms with E-state index in [1.54, 1.807) is 6.92 Å². The fourth-order valence-electron chi connectivity index (χ4n) is 1.01. The number of hydrogen-bond acceptors (Lipinski definition) is 6. The van der Waals surface area contributed by atoms with E-state index in [1.165, 1.54) is 28.5 Å². The van der Waals surface area contributed by atoms with Gasteiger partial charge in [0.15, 0.2) is 0 Å². The van der Waals surface area contributed by atoms with Crippen LogP contribution in [-0.4, -0.2) is 49.5 Å². The van der Waals surface area contributed by atoms with Gasteiger partial charge in [0.25, 0.3) is 0 Å². The molecule has 0 aliphatic heterocycles. The molecule has 6 nitrogen and oxygen atoms in total. The lowest BCUT2D eigenvalue weighted by Gasteiger charge is -2.12. The molecule has 2 amide bonds. The summed E-state index contributed by atoms with van der Waals surface area (Å²) in [6.07, 6.45) is 0. The van der Waals surface area contributed by atoms with Crippen LogP contribution in [0.3, 0.4) is 0 Å². The SMILES string of the molecule is CC#CCNC(=O)COCCOC(C)SSCNC(C)=O. The van der Waals surface area contributed by atoms with Crippen molar-refractivity contribution in [2.75, 3.05) is 32.2 Å². The van der Waals surface area contributed by atoms with Crippen LogP contribution in [0.5, 0.6) is 0 Å². The quantitative estimate of drug-likeness (QED) is 0.254. The first kappa shape index (κ1) is 20.1. The number of ether oxygens (including phenoxy) is 2. The minimum atomic E-state index is -0.189. The lowest BCUT2D eigenvalue weighted by atomic mass is 10.5. The van der Waals surface area contributed by atoms with Gasteiger partial charge in [0.1, 0.15) is 12.0 Å². The van der Waals surface area contributed by atoms with Gasteiger partial charge in [-0.25, -0.2) is 0 Å². The Kier molecular flexibility index (Phi) is 13.5. The number of carbonyl (C=O) groups is 2. The van der Waals surface area contributed by atoms with Crippen LogP contribution in [0.25, 0.3) is 0 Å². The maximum Gasteiger partial charge on any atom is 0.246 e. The summed E-state index contributed by atoms with van der Waals surface area (Å²) in [4.78, 5) is 21.9. The van der Waals surface area contributed by atoms with E-state index in [-0.39, 0.29) is 23.9 Å². The van der Waals surface area contributed by atoms with Gasteiger partial charge >= 0.3 is 0 Å². The molecular weight excluding hydrogens is 312 g/mol. The van der Waals surface area contributed by atoms with Crippen molar-refractivity contribution in [3.63, 3.8) is 0 Å². The second kappa shape index (κ2) is 14.1. The van der Waals surface area contributed by atoms with Gasteiger partial charge in [-0.05, 0) is 13.8 Å². The summed E-state index contributed by atoms with van der Waals surface area (Å²) < 4.78 is 10.7. The monoisotopic (exact) mass is 334 g/mol. The standard InChI is InChI=1S/C13H22N2O4S2/c1-4-5-6-14-13(17)9-18-7-8-19-12(3)21-20-10-15-11(2)16/h12H,6-10H2,1-3H3,(H,14,17)(H,15,16). The Bertz CT molecular complexity index is 369. The van der Waals surface area contributed by atoms with Crippen LogP contribution >= 0.6 is 21.6 Å². The zero-order chi connectivity index (χ0) is 15.9. The topological polar surface area (TPSA) is 76.7 Å². The van der Waals surface area contributed by atoms with Crippen LogP contribution in [0.1, 0.15) is 20.8 Å². The lowest BCUT2D eigenvalue weighted by Crippen LogP contribution is -2.28. The molecule has 21 heavy (non-hydrogen) atoms. The molecule has 0 aromatic rings. The minimum absolute atomic E-state index is 0.00750. The van der Waals surface area contributed by atoms with Crippen molar-refractivity contribution in [1.29, 1.82) is 0 Å². The Labute approximate surface area is 133 Å². The largest absolute Gasteiger partial charge is 0.369 e. The van der Waals surface area contributed by atoms with Crippen LogP contribution in [0.4, 0.5) is 0 Å². The van der Waals surface area contributed by atoms with Crippen molar-refractivity contribution in [2.45, 2.75) is 26.2 Å².